The average Bonchev–Trinajstić information content (AvgIpc) is 2.22. The van der Waals surface area contributed by atoms with Gasteiger partial charge < -0.3 is 14.8 Å². The molecule has 0 aliphatic carbocycles. The smallest absolute Gasteiger partial charge is 0.307 e. The van der Waals surface area contributed by atoms with Crippen LogP contribution in [0.5, 0.6) is 0 Å². The molecule has 0 spiro atoms. The van der Waals surface area contributed by atoms with E-state index < -0.39 is 0 Å². The summed E-state index contributed by atoms with van der Waals surface area (Å²) in [7, 11) is 1.41. The van der Waals surface area contributed by atoms with Crippen molar-refractivity contribution in [3.05, 3.63) is 0 Å². The molecule has 0 bridgehead atoms. The van der Waals surface area contributed by atoms with Crippen LogP contribution >= 0.6 is 0 Å². The number of hydrogen-bond donors (Lipinski definition) is 1. The minimum atomic E-state index is -0.170. The standard InChI is InChI=1S/C12H25NO3/c1-10(2)9-16-7-5-6-13-11(3)8-12(14)15-4/h10-11,13H,5-9H2,1-4H3. The fourth-order valence-corrected chi connectivity index (χ4v) is 1.25. The minimum Gasteiger partial charge on any atom is -0.469 e. The third kappa shape index (κ3) is 9.93. The van der Waals surface area contributed by atoms with E-state index in [0.717, 1.165) is 26.2 Å². The van der Waals surface area contributed by atoms with Gasteiger partial charge in [0.05, 0.1) is 13.5 Å². The van der Waals surface area contributed by atoms with Gasteiger partial charge in [-0.1, -0.05) is 13.8 Å². The number of rotatable bonds is 9. The topological polar surface area (TPSA) is 47.6 Å². The Labute approximate surface area is 98.7 Å². The summed E-state index contributed by atoms with van der Waals surface area (Å²) in [4.78, 5) is 10.9. The van der Waals surface area contributed by atoms with Gasteiger partial charge in [-0.3, -0.25) is 4.79 Å². The van der Waals surface area contributed by atoms with Crippen molar-refractivity contribution >= 4 is 5.97 Å². The van der Waals surface area contributed by atoms with E-state index >= 15 is 0 Å². The zero-order valence-electron chi connectivity index (χ0n) is 10.9. The van der Waals surface area contributed by atoms with Crippen LogP contribution in [0, 0.1) is 5.92 Å². The minimum absolute atomic E-state index is 0.164. The number of nitrogens with one attached hydrogen (secondary N) is 1. The van der Waals surface area contributed by atoms with Crippen LogP contribution in [0.2, 0.25) is 0 Å². The summed E-state index contributed by atoms with van der Waals surface area (Å²) in [6.07, 6.45) is 1.39. The lowest BCUT2D eigenvalue weighted by atomic mass is 10.2. The molecular formula is C12H25NO3. The lowest BCUT2D eigenvalue weighted by molar-refractivity contribution is -0.141. The summed E-state index contributed by atoms with van der Waals surface area (Å²) in [5, 5.41) is 3.26. The molecule has 4 heteroatoms. The van der Waals surface area contributed by atoms with Crippen molar-refractivity contribution in [1.82, 2.24) is 5.32 Å². The van der Waals surface area contributed by atoms with E-state index in [2.05, 4.69) is 23.9 Å². The summed E-state index contributed by atoms with van der Waals surface area (Å²) in [5.74, 6) is 0.419. The van der Waals surface area contributed by atoms with Gasteiger partial charge in [-0.2, -0.15) is 0 Å². The van der Waals surface area contributed by atoms with Gasteiger partial charge in [-0.25, -0.2) is 0 Å². The molecule has 0 saturated carbocycles. The molecule has 0 amide bonds. The molecule has 0 radical (unpaired) electrons. The maximum Gasteiger partial charge on any atom is 0.307 e. The van der Waals surface area contributed by atoms with Gasteiger partial charge in [-0.15, -0.1) is 0 Å². The highest BCUT2D eigenvalue weighted by atomic mass is 16.5. The monoisotopic (exact) mass is 231 g/mol. The third-order valence-electron chi connectivity index (χ3n) is 2.11. The summed E-state index contributed by atoms with van der Waals surface area (Å²) < 4.78 is 10.0. The van der Waals surface area contributed by atoms with Gasteiger partial charge in [0.1, 0.15) is 0 Å². The molecule has 0 aromatic carbocycles. The van der Waals surface area contributed by atoms with Gasteiger partial charge in [0.2, 0.25) is 0 Å². The van der Waals surface area contributed by atoms with E-state index in [-0.39, 0.29) is 12.0 Å². The molecule has 0 aromatic rings. The second kappa shape index (κ2) is 9.60. The van der Waals surface area contributed by atoms with Crippen molar-refractivity contribution in [3.8, 4) is 0 Å². The summed E-state index contributed by atoms with van der Waals surface area (Å²) >= 11 is 0. The molecule has 0 heterocycles. The predicted octanol–water partition coefficient (Wildman–Crippen LogP) is 1.59. The molecule has 0 fully saturated rings. The zero-order chi connectivity index (χ0) is 12.4. The van der Waals surface area contributed by atoms with Crippen molar-refractivity contribution < 1.29 is 14.3 Å². The van der Waals surface area contributed by atoms with E-state index in [9.17, 15) is 4.79 Å². The Morgan fingerprint density at radius 3 is 2.56 bits per heavy atom. The first-order valence-corrected chi connectivity index (χ1v) is 5.94. The van der Waals surface area contributed by atoms with Crippen LogP contribution < -0.4 is 5.32 Å². The molecule has 4 nitrogen and oxygen atoms in total. The molecule has 1 N–H and O–H groups in total. The van der Waals surface area contributed by atoms with Crippen molar-refractivity contribution in [3.63, 3.8) is 0 Å². The van der Waals surface area contributed by atoms with Gasteiger partial charge in [0, 0.05) is 19.3 Å². The number of carbonyl (C=O) groups excluding carboxylic acids is 1. The number of ether oxygens (including phenoxy) is 2. The lowest BCUT2D eigenvalue weighted by Crippen LogP contribution is -2.30. The Balaban J connectivity index is 3.27. The van der Waals surface area contributed by atoms with Crippen molar-refractivity contribution in [2.75, 3.05) is 26.9 Å². The van der Waals surface area contributed by atoms with Crippen molar-refractivity contribution in [2.45, 2.75) is 39.7 Å². The molecule has 1 unspecified atom stereocenters. The Kier molecular flexibility index (Phi) is 9.24. The molecular weight excluding hydrogens is 206 g/mol. The lowest BCUT2D eigenvalue weighted by Gasteiger charge is -2.12. The first-order valence-electron chi connectivity index (χ1n) is 5.94. The quantitative estimate of drug-likeness (QED) is 0.483. The van der Waals surface area contributed by atoms with Crippen molar-refractivity contribution in [1.29, 1.82) is 0 Å². The predicted molar refractivity (Wildman–Crippen MR) is 64.4 cm³/mol. The maximum atomic E-state index is 10.9. The summed E-state index contributed by atoms with van der Waals surface area (Å²) in [6.45, 7) is 8.71. The Morgan fingerprint density at radius 1 is 1.31 bits per heavy atom. The normalized spacial score (nSPS) is 12.8. The van der Waals surface area contributed by atoms with Crippen LogP contribution in [0.25, 0.3) is 0 Å². The number of carbonyl (C=O) groups is 1. The molecule has 0 aromatic heterocycles. The highest BCUT2D eigenvalue weighted by Gasteiger charge is 2.07. The first kappa shape index (κ1) is 15.4. The number of hydrogen-bond acceptors (Lipinski definition) is 4. The first-order chi connectivity index (χ1) is 7.56. The van der Waals surface area contributed by atoms with Crippen molar-refractivity contribution in [2.24, 2.45) is 5.92 Å². The molecule has 0 rings (SSSR count). The van der Waals surface area contributed by atoms with Crippen LogP contribution in [-0.2, 0) is 14.3 Å². The number of methoxy groups -OCH3 is 1. The summed E-state index contributed by atoms with van der Waals surface area (Å²) in [5.41, 5.74) is 0. The van der Waals surface area contributed by atoms with Gasteiger partial charge in [-0.05, 0) is 25.8 Å². The highest BCUT2D eigenvalue weighted by molar-refractivity contribution is 5.69. The van der Waals surface area contributed by atoms with E-state index in [1.54, 1.807) is 0 Å². The fraction of sp³-hybridized carbons (Fsp3) is 0.917. The average molecular weight is 231 g/mol. The van der Waals surface area contributed by atoms with Crippen LogP contribution in [0.4, 0.5) is 0 Å². The van der Waals surface area contributed by atoms with Crippen LogP contribution in [-0.4, -0.2) is 38.9 Å². The number of esters is 1. The van der Waals surface area contributed by atoms with Crippen LogP contribution in [0.1, 0.15) is 33.6 Å². The SMILES string of the molecule is COC(=O)CC(C)NCCCOCC(C)C. The second-order valence-electron chi connectivity index (χ2n) is 4.46. The maximum absolute atomic E-state index is 10.9. The molecule has 1 atom stereocenters. The molecule has 96 valence electrons. The Hall–Kier alpha value is -0.610. The van der Waals surface area contributed by atoms with E-state index in [1.807, 2.05) is 6.92 Å². The van der Waals surface area contributed by atoms with Gasteiger partial charge in [0.25, 0.3) is 0 Å². The van der Waals surface area contributed by atoms with Gasteiger partial charge >= 0.3 is 5.97 Å². The van der Waals surface area contributed by atoms with Gasteiger partial charge in [0.15, 0.2) is 0 Å². The van der Waals surface area contributed by atoms with Crippen LogP contribution in [0.3, 0.4) is 0 Å². The summed E-state index contributed by atoms with van der Waals surface area (Å²) in [6, 6.07) is 0.164. The third-order valence-corrected chi connectivity index (χ3v) is 2.11. The molecule has 0 saturated heterocycles. The molecule has 16 heavy (non-hydrogen) atoms. The zero-order valence-corrected chi connectivity index (χ0v) is 10.9. The highest BCUT2D eigenvalue weighted by Crippen LogP contribution is 1.95. The Morgan fingerprint density at radius 2 is 2.00 bits per heavy atom. The Bertz CT molecular complexity index is 183. The van der Waals surface area contributed by atoms with E-state index in [0.29, 0.717) is 12.3 Å². The molecule has 0 aliphatic heterocycles. The van der Waals surface area contributed by atoms with E-state index in [1.165, 1.54) is 7.11 Å². The van der Waals surface area contributed by atoms with Crippen LogP contribution in [0.15, 0.2) is 0 Å². The fourth-order valence-electron chi connectivity index (χ4n) is 1.25. The largest absolute Gasteiger partial charge is 0.469 e. The van der Waals surface area contributed by atoms with E-state index in [4.69, 9.17) is 4.74 Å². The second-order valence-corrected chi connectivity index (χ2v) is 4.46. The molecule has 0 aliphatic rings.